The van der Waals surface area contributed by atoms with Crippen molar-refractivity contribution in [2.75, 3.05) is 16.9 Å². The number of anilines is 2. The van der Waals surface area contributed by atoms with Gasteiger partial charge in [-0.3, -0.25) is 4.79 Å². The standard InChI is InChI=1S/C22H23ClN2OS/c1-22(2,3)19-18(15-10-7-11-16(12-15)25-17(26)13-23)21(24)27-20(19)14-8-5-4-6-9-14/h4-12H,13,24H2,1-3H3,(H,25,26). The topological polar surface area (TPSA) is 55.1 Å². The Bertz CT molecular complexity index is 958. The largest absolute Gasteiger partial charge is 0.390 e. The Morgan fingerprint density at radius 1 is 1.07 bits per heavy atom. The first-order chi connectivity index (χ1) is 12.8. The van der Waals surface area contributed by atoms with Crippen LogP contribution in [0, 0.1) is 0 Å². The highest BCUT2D eigenvalue weighted by molar-refractivity contribution is 7.20. The van der Waals surface area contributed by atoms with E-state index < -0.39 is 0 Å². The molecule has 0 bridgehead atoms. The van der Waals surface area contributed by atoms with Crippen molar-refractivity contribution in [2.45, 2.75) is 26.2 Å². The van der Waals surface area contributed by atoms with Crippen LogP contribution >= 0.6 is 22.9 Å². The zero-order valence-corrected chi connectivity index (χ0v) is 17.2. The lowest BCUT2D eigenvalue weighted by molar-refractivity contribution is -0.113. The van der Waals surface area contributed by atoms with E-state index in [0.717, 1.165) is 21.7 Å². The molecule has 1 amide bonds. The molecule has 0 aliphatic carbocycles. The molecule has 0 atom stereocenters. The lowest BCUT2D eigenvalue weighted by Crippen LogP contribution is -2.14. The van der Waals surface area contributed by atoms with Crippen molar-refractivity contribution in [1.82, 2.24) is 0 Å². The summed E-state index contributed by atoms with van der Waals surface area (Å²) in [5.41, 5.74) is 11.5. The molecule has 1 aromatic heterocycles. The van der Waals surface area contributed by atoms with Crippen molar-refractivity contribution in [3.63, 3.8) is 0 Å². The Morgan fingerprint density at radius 2 is 1.74 bits per heavy atom. The Morgan fingerprint density at radius 3 is 2.37 bits per heavy atom. The predicted molar refractivity (Wildman–Crippen MR) is 118 cm³/mol. The van der Waals surface area contributed by atoms with Crippen LogP contribution in [0.4, 0.5) is 10.7 Å². The van der Waals surface area contributed by atoms with E-state index in [1.54, 1.807) is 11.3 Å². The Hall–Kier alpha value is -2.30. The zero-order valence-electron chi connectivity index (χ0n) is 15.7. The molecule has 3 nitrogen and oxygen atoms in total. The smallest absolute Gasteiger partial charge is 0.239 e. The van der Waals surface area contributed by atoms with Gasteiger partial charge in [0.1, 0.15) is 5.88 Å². The molecular weight excluding hydrogens is 376 g/mol. The molecule has 0 saturated carbocycles. The summed E-state index contributed by atoms with van der Waals surface area (Å²) in [4.78, 5) is 12.8. The van der Waals surface area contributed by atoms with Crippen molar-refractivity contribution < 1.29 is 4.79 Å². The number of halogens is 1. The number of hydrogen-bond donors (Lipinski definition) is 2. The zero-order chi connectivity index (χ0) is 19.6. The summed E-state index contributed by atoms with van der Waals surface area (Å²) in [7, 11) is 0. The molecule has 1 heterocycles. The van der Waals surface area contributed by atoms with Gasteiger partial charge in [-0.05, 0) is 34.2 Å². The Labute approximate surface area is 169 Å². The highest BCUT2D eigenvalue weighted by Gasteiger charge is 2.28. The second-order valence-corrected chi connectivity index (χ2v) is 8.74. The van der Waals surface area contributed by atoms with Crippen LogP contribution in [-0.2, 0) is 10.2 Å². The molecule has 0 radical (unpaired) electrons. The fourth-order valence-electron chi connectivity index (χ4n) is 3.19. The molecule has 3 rings (SSSR count). The number of hydrogen-bond acceptors (Lipinski definition) is 3. The molecule has 2 aromatic carbocycles. The lowest BCUT2D eigenvalue weighted by atomic mass is 9.81. The maximum absolute atomic E-state index is 11.6. The molecule has 0 saturated heterocycles. The van der Waals surface area contributed by atoms with Crippen LogP contribution in [0.25, 0.3) is 21.6 Å². The number of carbonyl (C=O) groups is 1. The highest BCUT2D eigenvalue weighted by Crippen LogP contribution is 2.49. The highest BCUT2D eigenvalue weighted by atomic mass is 35.5. The fraction of sp³-hybridized carbons (Fsp3) is 0.227. The van der Waals surface area contributed by atoms with Crippen LogP contribution in [0.2, 0.25) is 0 Å². The van der Waals surface area contributed by atoms with Crippen molar-refractivity contribution in [2.24, 2.45) is 0 Å². The van der Waals surface area contributed by atoms with E-state index in [9.17, 15) is 4.79 Å². The summed E-state index contributed by atoms with van der Waals surface area (Å²) in [6.07, 6.45) is 0. The van der Waals surface area contributed by atoms with Gasteiger partial charge in [0, 0.05) is 16.1 Å². The van der Waals surface area contributed by atoms with Crippen LogP contribution in [0.15, 0.2) is 54.6 Å². The fourth-order valence-corrected chi connectivity index (χ4v) is 4.56. The molecular formula is C22H23ClN2OS. The Balaban J connectivity index is 2.18. The number of nitrogen functional groups attached to an aromatic ring is 1. The number of nitrogens with one attached hydrogen (secondary N) is 1. The average Bonchev–Trinajstić information content (AvgIpc) is 3.00. The van der Waals surface area contributed by atoms with E-state index >= 15 is 0 Å². The molecule has 5 heteroatoms. The quantitative estimate of drug-likeness (QED) is 0.518. The van der Waals surface area contributed by atoms with E-state index in [1.165, 1.54) is 10.4 Å². The SMILES string of the molecule is CC(C)(C)c1c(-c2ccccc2)sc(N)c1-c1cccc(NC(=O)CCl)c1. The monoisotopic (exact) mass is 398 g/mol. The third-order valence-electron chi connectivity index (χ3n) is 4.28. The van der Waals surface area contributed by atoms with Crippen molar-refractivity contribution in [3.8, 4) is 21.6 Å². The number of rotatable bonds is 4. The van der Waals surface area contributed by atoms with E-state index in [4.69, 9.17) is 17.3 Å². The second-order valence-electron chi connectivity index (χ2n) is 7.42. The first-order valence-electron chi connectivity index (χ1n) is 8.75. The molecule has 27 heavy (non-hydrogen) atoms. The minimum absolute atomic E-state index is 0.0732. The molecule has 0 unspecified atom stereocenters. The van der Waals surface area contributed by atoms with Crippen LogP contribution in [0.1, 0.15) is 26.3 Å². The van der Waals surface area contributed by atoms with Gasteiger partial charge in [-0.1, -0.05) is 63.2 Å². The van der Waals surface area contributed by atoms with Crippen molar-refractivity contribution in [1.29, 1.82) is 0 Å². The van der Waals surface area contributed by atoms with Crippen LogP contribution < -0.4 is 11.1 Å². The number of amides is 1. The second kappa shape index (κ2) is 7.75. The summed E-state index contributed by atoms with van der Waals surface area (Å²) in [6.45, 7) is 6.59. The molecule has 3 aromatic rings. The summed E-state index contributed by atoms with van der Waals surface area (Å²) >= 11 is 7.22. The summed E-state index contributed by atoms with van der Waals surface area (Å²) < 4.78 is 0. The predicted octanol–water partition coefficient (Wildman–Crippen LogP) is 6.14. The average molecular weight is 399 g/mol. The maximum atomic E-state index is 11.6. The van der Waals surface area contributed by atoms with Crippen molar-refractivity contribution >= 4 is 39.5 Å². The van der Waals surface area contributed by atoms with Crippen LogP contribution in [0.5, 0.6) is 0 Å². The third kappa shape index (κ3) is 4.18. The Kier molecular flexibility index (Phi) is 5.59. The molecule has 3 N–H and O–H groups in total. The normalized spacial score (nSPS) is 11.4. The minimum atomic E-state index is -0.229. The number of alkyl halides is 1. The van der Waals surface area contributed by atoms with Gasteiger partial charge in [-0.15, -0.1) is 22.9 Å². The lowest BCUT2D eigenvalue weighted by Gasteiger charge is -2.23. The molecule has 140 valence electrons. The molecule has 0 aliphatic heterocycles. The number of carbonyl (C=O) groups excluding carboxylic acids is 1. The number of nitrogens with two attached hydrogens (primary N) is 1. The third-order valence-corrected chi connectivity index (χ3v) is 5.59. The number of benzene rings is 2. The first kappa shape index (κ1) is 19.5. The van der Waals surface area contributed by atoms with E-state index in [0.29, 0.717) is 5.69 Å². The van der Waals surface area contributed by atoms with E-state index in [1.807, 2.05) is 42.5 Å². The van der Waals surface area contributed by atoms with Crippen LogP contribution in [-0.4, -0.2) is 11.8 Å². The van der Waals surface area contributed by atoms with Gasteiger partial charge in [0.05, 0.1) is 5.00 Å². The molecule has 0 aliphatic rings. The van der Waals surface area contributed by atoms with Gasteiger partial charge in [0.15, 0.2) is 0 Å². The van der Waals surface area contributed by atoms with Crippen LogP contribution in [0.3, 0.4) is 0 Å². The van der Waals surface area contributed by atoms with Gasteiger partial charge < -0.3 is 11.1 Å². The minimum Gasteiger partial charge on any atom is -0.390 e. The maximum Gasteiger partial charge on any atom is 0.239 e. The molecule has 0 spiro atoms. The van der Waals surface area contributed by atoms with Gasteiger partial charge >= 0.3 is 0 Å². The van der Waals surface area contributed by atoms with Gasteiger partial charge in [-0.2, -0.15) is 0 Å². The molecule has 0 fully saturated rings. The van der Waals surface area contributed by atoms with E-state index in [2.05, 4.69) is 38.2 Å². The summed E-state index contributed by atoms with van der Waals surface area (Å²) in [5, 5.41) is 3.59. The first-order valence-corrected chi connectivity index (χ1v) is 10.1. The van der Waals surface area contributed by atoms with Crippen molar-refractivity contribution in [3.05, 3.63) is 60.2 Å². The summed E-state index contributed by atoms with van der Waals surface area (Å²) in [6, 6.07) is 18.1. The van der Waals surface area contributed by atoms with E-state index in [-0.39, 0.29) is 17.2 Å². The van der Waals surface area contributed by atoms with Gasteiger partial charge in [0.2, 0.25) is 5.91 Å². The van der Waals surface area contributed by atoms with Gasteiger partial charge in [-0.25, -0.2) is 0 Å². The summed E-state index contributed by atoms with van der Waals surface area (Å²) in [5.74, 6) is -0.302. The van der Waals surface area contributed by atoms with Gasteiger partial charge in [0.25, 0.3) is 0 Å². The number of thiophene rings is 1.